The van der Waals surface area contributed by atoms with Crippen LogP contribution >= 0.6 is 0 Å². The molecule has 172 valence electrons. The number of anilines is 1. The molecule has 0 saturated heterocycles. The van der Waals surface area contributed by atoms with Crippen LogP contribution in [0.25, 0.3) is 0 Å². The fourth-order valence-electron chi connectivity index (χ4n) is 4.04. The number of rotatable bonds is 8. The number of sulfonamides is 1. The fraction of sp³-hybridized carbons (Fsp3) is 0.417. The monoisotopic (exact) mass is 458 g/mol. The number of hydrogen-bond acceptors (Lipinski definition) is 5. The van der Waals surface area contributed by atoms with Crippen LogP contribution in [0.1, 0.15) is 49.4 Å². The maximum absolute atomic E-state index is 13.0. The second kappa shape index (κ2) is 10.6. The SMILES string of the molecule is CCN(C(=O)COC(=O)c1cccc(S(=O)(=O)N(C)c2ccccc2)c1)C1CCCCC1. The quantitative estimate of drug-likeness (QED) is 0.561. The predicted molar refractivity (Wildman–Crippen MR) is 123 cm³/mol. The number of benzene rings is 2. The van der Waals surface area contributed by atoms with E-state index in [1.54, 1.807) is 35.2 Å². The van der Waals surface area contributed by atoms with Crippen LogP contribution in [0.5, 0.6) is 0 Å². The van der Waals surface area contributed by atoms with Gasteiger partial charge in [0.15, 0.2) is 6.61 Å². The molecule has 7 nitrogen and oxygen atoms in total. The van der Waals surface area contributed by atoms with Crippen LogP contribution in [-0.4, -0.2) is 51.4 Å². The molecular weight excluding hydrogens is 428 g/mol. The summed E-state index contributed by atoms with van der Waals surface area (Å²) in [5.41, 5.74) is 0.592. The van der Waals surface area contributed by atoms with E-state index in [9.17, 15) is 18.0 Å². The summed E-state index contributed by atoms with van der Waals surface area (Å²) in [6, 6.07) is 14.5. The van der Waals surface area contributed by atoms with Crippen molar-refractivity contribution in [3.63, 3.8) is 0 Å². The Hall–Kier alpha value is -2.87. The Bertz CT molecular complexity index is 1030. The molecule has 0 N–H and O–H groups in total. The highest BCUT2D eigenvalue weighted by Crippen LogP contribution is 2.24. The van der Waals surface area contributed by atoms with E-state index in [0.29, 0.717) is 12.2 Å². The summed E-state index contributed by atoms with van der Waals surface area (Å²) in [7, 11) is -2.40. The molecule has 0 radical (unpaired) electrons. The minimum atomic E-state index is -3.86. The van der Waals surface area contributed by atoms with E-state index in [4.69, 9.17) is 4.74 Å². The van der Waals surface area contributed by atoms with Gasteiger partial charge in [0.2, 0.25) is 0 Å². The normalized spacial score (nSPS) is 14.6. The van der Waals surface area contributed by atoms with Crippen LogP contribution in [0.4, 0.5) is 5.69 Å². The Labute approximate surface area is 190 Å². The van der Waals surface area contributed by atoms with Crippen LogP contribution in [0.15, 0.2) is 59.5 Å². The molecule has 0 bridgehead atoms. The molecule has 0 atom stereocenters. The van der Waals surface area contributed by atoms with Crippen molar-refractivity contribution in [3.8, 4) is 0 Å². The molecule has 1 fully saturated rings. The lowest BCUT2D eigenvalue weighted by atomic mass is 9.94. The van der Waals surface area contributed by atoms with Crippen LogP contribution in [0.3, 0.4) is 0 Å². The number of hydrogen-bond donors (Lipinski definition) is 0. The number of esters is 1. The van der Waals surface area contributed by atoms with Gasteiger partial charge >= 0.3 is 5.97 Å². The zero-order valence-electron chi connectivity index (χ0n) is 18.6. The van der Waals surface area contributed by atoms with Crippen molar-refractivity contribution in [2.45, 2.75) is 50.0 Å². The first-order chi connectivity index (χ1) is 15.3. The number of amides is 1. The van der Waals surface area contributed by atoms with Crippen molar-refractivity contribution >= 4 is 27.6 Å². The zero-order chi connectivity index (χ0) is 23.1. The van der Waals surface area contributed by atoms with Crippen LogP contribution < -0.4 is 4.31 Å². The van der Waals surface area contributed by atoms with Gasteiger partial charge in [-0.2, -0.15) is 0 Å². The van der Waals surface area contributed by atoms with E-state index in [-0.39, 0.29) is 29.0 Å². The molecule has 8 heteroatoms. The van der Waals surface area contributed by atoms with Crippen molar-refractivity contribution in [2.75, 3.05) is 24.5 Å². The van der Waals surface area contributed by atoms with E-state index in [2.05, 4.69) is 0 Å². The molecule has 1 amide bonds. The van der Waals surface area contributed by atoms with Crippen LogP contribution in [0.2, 0.25) is 0 Å². The lowest BCUT2D eigenvalue weighted by Crippen LogP contribution is -2.43. The lowest BCUT2D eigenvalue weighted by Gasteiger charge is -2.33. The Morgan fingerprint density at radius 1 is 1.00 bits per heavy atom. The van der Waals surface area contributed by atoms with E-state index >= 15 is 0 Å². The third-order valence-corrected chi connectivity index (χ3v) is 7.63. The molecule has 0 unspecified atom stereocenters. The number of likely N-dealkylation sites (N-methyl/N-ethyl adjacent to an activating group) is 1. The van der Waals surface area contributed by atoms with Crippen molar-refractivity contribution < 1.29 is 22.7 Å². The van der Waals surface area contributed by atoms with Gasteiger partial charge in [0.05, 0.1) is 16.1 Å². The van der Waals surface area contributed by atoms with Gasteiger partial charge in [-0.15, -0.1) is 0 Å². The summed E-state index contributed by atoms with van der Waals surface area (Å²) < 4.78 is 32.4. The number of nitrogens with zero attached hydrogens (tertiary/aromatic N) is 2. The molecule has 3 rings (SSSR count). The highest BCUT2D eigenvalue weighted by molar-refractivity contribution is 7.92. The van der Waals surface area contributed by atoms with E-state index in [1.807, 2.05) is 6.92 Å². The van der Waals surface area contributed by atoms with E-state index in [0.717, 1.165) is 30.0 Å². The Balaban J connectivity index is 1.68. The Kier molecular flexibility index (Phi) is 7.90. The smallest absolute Gasteiger partial charge is 0.338 e. The molecule has 2 aromatic carbocycles. The summed E-state index contributed by atoms with van der Waals surface area (Å²) >= 11 is 0. The minimum absolute atomic E-state index is 0.0259. The van der Waals surface area contributed by atoms with Gasteiger partial charge in [-0.3, -0.25) is 9.10 Å². The largest absolute Gasteiger partial charge is 0.452 e. The summed E-state index contributed by atoms with van der Waals surface area (Å²) in [4.78, 5) is 26.9. The fourth-order valence-corrected chi connectivity index (χ4v) is 5.28. The number of carbonyl (C=O) groups excluding carboxylic acids is 2. The number of para-hydroxylation sites is 1. The van der Waals surface area contributed by atoms with Crippen LogP contribution in [0, 0.1) is 0 Å². The number of ether oxygens (including phenoxy) is 1. The maximum Gasteiger partial charge on any atom is 0.338 e. The van der Waals surface area contributed by atoms with Gasteiger partial charge in [-0.05, 0) is 50.1 Å². The lowest BCUT2D eigenvalue weighted by molar-refractivity contribution is -0.137. The summed E-state index contributed by atoms with van der Waals surface area (Å²) in [6.07, 6.45) is 5.35. The van der Waals surface area contributed by atoms with Gasteiger partial charge in [0, 0.05) is 19.6 Å². The van der Waals surface area contributed by atoms with E-state index in [1.165, 1.54) is 37.7 Å². The molecule has 1 aliphatic carbocycles. The average Bonchev–Trinajstić information content (AvgIpc) is 2.83. The zero-order valence-corrected chi connectivity index (χ0v) is 19.4. The molecule has 2 aromatic rings. The highest BCUT2D eigenvalue weighted by atomic mass is 32.2. The molecule has 0 aromatic heterocycles. The first kappa shape index (κ1) is 23.8. The molecule has 1 aliphatic rings. The van der Waals surface area contributed by atoms with Crippen molar-refractivity contribution in [2.24, 2.45) is 0 Å². The second-order valence-corrected chi connectivity index (χ2v) is 9.85. The summed E-state index contributed by atoms with van der Waals surface area (Å²) in [5.74, 6) is -0.946. The molecule has 1 saturated carbocycles. The molecular formula is C24H30N2O5S. The van der Waals surface area contributed by atoms with Crippen molar-refractivity contribution in [1.29, 1.82) is 0 Å². The Morgan fingerprint density at radius 2 is 1.69 bits per heavy atom. The first-order valence-electron chi connectivity index (χ1n) is 10.9. The van der Waals surface area contributed by atoms with Gasteiger partial charge in [-0.25, -0.2) is 13.2 Å². The highest BCUT2D eigenvalue weighted by Gasteiger charge is 2.26. The number of carbonyl (C=O) groups is 2. The second-order valence-electron chi connectivity index (χ2n) is 7.88. The minimum Gasteiger partial charge on any atom is -0.452 e. The Morgan fingerprint density at radius 3 is 2.34 bits per heavy atom. The molecule has 0 heterocycles. The van der Waals surface area contributed by atoms with Gasteiger partial charge in [0.25, 0.3) is 15.9 Å². The first-order valence-corrected chi connectivity index (χ1v) is 12.4. The van der Waals surface area contributed by atoms with Gasteiger partial charge in [-0.1, -0.05) is 43.5 Å². The third kappa shape index (κ3) is 5.48. The maximum atomic E-state index is 13.0. The molecule has 32 heavy (non-hydrogen) atoms. The molecule has 0 aliphatic heterocycles. The average molecular weight is 459 g/mol. The third-order valence-electron chi connectivity index (χ3n) is 5.85. The summed E-state index contributed by atoms with van der Waals surface area (Å²) in [5, 5.41) is 0. The van der Waals surface area contributed by atoms with Crippen LogP contribution in [-0.2, 0) is 19.6 Å². The molecule has 0 spiro atoms. The predicted octanol–water partition coefficient (Wildman–Crippen LogP) is 3.85. The standard InChI is InChI=1S/C24H30N2O5S/c1-3-26(21-14-8-5-9-15-21)23(27)18-31-24(28)19-11-10-16-22(17-19)32(29,30)25(2)20-12-6-4-7-13-20/h4,6-7,10-13,16-17,21H,3,5,8-9,14-15,18H2,1-2H3. The van der Waals surface area contributed by atoms with E-state index < -0.39 is 16.0 Å². The van der Waals surface area contributed by atoms with Gasteiger partial charge < -0.3 is 9.64 Å². The van der Waals surface area contributed by atoms with Gasteiger partial charge in [0.1, 0.15) is 0 Å². The van der Waals surface area contributed by atoms with Crippen molar-refractivity contribution in [3.05, 3.63) is 60.2 Å². The topological polar surface area (TPSA) is 84.0 Å². The summed E-state index contributed by atoms with van der Waals surface area (Å²) in [6.45, 7) is 2.14. The van der Waals surface area contributed by atoms with Crippen molar-refractivity contribution in [1.82, 2.24) is 4.90 Å².